The molecule has 162 valence electrons. The Morgan fingerprint density at radius 1 is 1.07 bits per heavy atom. The van der Waals surface area contributed by atoms with Gasteiger partial charge in [-0.05, 0) is 49.6 Å². The molecule has 30 heavy (non-hydrogen) atoms. The van der Waals surface area contributed by atoms with E-state index in [-0.39, 0.29) is 5.38 Å². The van der Waals surface area contributed by atoms with Crippen molar-refractivity contribution >= 4 is 40.8 Å². The van der Waals surface area contributed by atoms with E-state index in [1.165, 1.54) is 24.6 Å². The lowest BCUT2D eigenvalue weighted by Crippen LogP contribution is -2.34. The van der Waals surface area contributed by atoms with Crippen LogP contribution in [-0.2, 0) is 0 Å². The van der Waals surface area contributed by atoms with Crippen LogP contribution < -0.4 is 15.0 Å². The number of hydrogen-bond acceptors (Lipinski definition) is 7. The summed E-state index contributed by atoms with van der Waals surface area (Å²) in [6.45, 7) is 6.16. The van der Waals surface area contributed by atoms with Crippen molar-refractivity contribution in [3.63, 3.8) is 0 Å². The Labute approximate surface area is 188 Å². The first-order chi connectivity index (χ1) is 14.8. The predicted molar refractivity (Wildman–Crippen MR) is 127 cm³/mol. The van der Waals surface area contributed by atoms with E-state index in [4.69, 9.17) is 16.3 Å². The molecule has 0 spiro atoms. The largest absolute Gasteiger partial charge is 0.494 e. The summed E-state index contributed by atoms with van der Waals surface area (Å²) >= 11 is 8.26. The fraction of sp³-hybridized carbons (Fsp3) is 0.545. The zero-order valence-electron chi connectivity index (χ0n) is 17.3. The van der Waals surface area contributed by atoms with Gasteiger partial charge in [-0.2, -0.15) is 16.7 Å². The third kappa shape index (κ3) is 6.40. The predicted octanol–water partition coefficient (Wildman–Crippen LogP) is 4.25. The molecule has 0 bridgehead atoms. The van der Waals surface area contributed by atoms with Gasteiger partial charge in [0.25, 0.3) is 0 Å². The number of alkyl halides is 1. The Morgan fingerprint density at radius 3 is 2.60 bits per heavy atom. The van der Waals surface area contributed by atoms with Gasteiger partial charge in [0.1, 0.15) is 11.6 Å². The lowest BCUT2D eigenvalue weighted by molar-refractivity contribution is 0.248. The van der Waals surface area contributed by atoms with Crippen LogP contribution in [0.3, 0.4) is 0 Å². The summed E-state index contributed by atoms with van der Waals surface area (Å²) in [4.78, 5) is 13.8. The molecule has 0 unspecified atom stereocenters. The number of ether oxygens (including phenoxy) is 1. The van der Waals surface area contributed by atoms with Crippen molar-refractivity contribution < 1.29 is 4.74 Å². The first kappa shape index (κ1) is 21.5. The number of thioether (sulfide) groups is 1. The molecule has 1 aromatic carbocycles. The molecule has 1 aromatic heterocycles. The summed E-state index contributed by atoms with van der Waals surface area (Å²) in [6, 6.07) is 9.96. The molecule has 2 saturated heterocycles. The molecule has 6 nitrogen and oxygen atoms in total. The summed E-state index contributed by atoms with van der Waals surface area (Å²) in [5.74, 6) is 4.97. The van der Waals surface area contributed by atoms with Crippen LogP contribution in [0.15, 0.2) is 36.5 Å². The third-order valence-corrected chi connectivity index (χ3v) is 6.87. The van der Waals surface area contributed by atoms with Crippen LogP contribution in [0.1, 0.15) is 19.3 Å². The van der Waals surface area contributed by atoms with Gasteiger partial charge in [-0.3, -0.25) is 0 Å². The molecule has 2 fully saturated rings. The van der Waals surface area contributed by atoms with Crippen LogP contribution in [0.5, 0.6) is 5.75 Å². The number of nitrogens with one attached hydrogen (secondary N) is 1. The van der Waals surface area contributed by atoms with Crippen molar-refractivity contribution in [2.24, 2.45) is 0 Å². The third-order valence-electron chi connectivity index (χ3n) is 5.49. The molecule has 3 heterocycles. The smallest absolute Gasteiger partial charge is 0.229 e. The number of halogens is 1. The van der Waals surface area contributed by atoms with Crippen LogP contribution >= 0.6 is 23.4 Å². The van der Waals surface area contributed by atoms with Crippen molar-refractivity contribution in [2.45, 2.75) is 24.6 Å². The zero-order chi connectivity index (χ0) is 20.6. The van der Waals surface area contributed by atoms with E-state index in [9.17, 15) is 0 Å². The topological polar surface area (TPSA) is 53.5 Å². The molecular weight excluding hydrogens is 418 g/mol. The SMILES string of the molecule is ClC1CCN(c2ccnc(Nc3ccc(OCCCN4CCSCC4)cc3)n2)CC1. The highest BCUT2D eigenvalue weighted by atomic mass is 35.5. The van der Waals surface area contributed by atoms with Crippen molar-refractivity contribution in [3.05, 3.63) is 36.5 Å². The van der Waals surface area contributed by atoms with E-state index in [2.05, 4.69) is 25.1 Å². The second kappa shape index (κ2) is 11.1. The van der Waals surface area contributed by atoms with Gasteiger partial charge in [0.2, 0.25) is 5.95 Å². The van der Waals surface area contributed by atoms with Crippen molar-refractivity contribution in [3.8, 4) is 5.75 Å². The first-order valence-electron chi connectivity index (χ1n) is 10.8. The minimum Gasteiger partial charge on any atom is -0.494 e. The Hall–Kier alpha value is -1.70. The molecule has 0 saturated carbocycles. The standard InChI is InChI=1S/C22H30ClN5OS/c23-18-7-11-28(12-8-18)21-6-9-24-22(26-21)25-19-2-4-20(5-3-19)29-15-1-10-27-13-16-30-17-14-27/h2-6,9,18H,1,7-8,10-17H2,(H,24,25,26). The van der Waals surface area contributed by atoms with Gasteiger partial charge in [0.05, 0.1) is 6.61 Å². The normalized spacial score (nSPS) is 18.4. The van der Waals surface area contributed by atoms with Gasteiger partial charge in [-0.25, -0.2) is 4.98 Å². The lowest BCUT2D eigenvalue weighted by atomic mass is 10.1. The van der Waals surface area contributed by atoms with Crippen LogP contribution in [0.2, 0.25) is 0 Å². The molecule has 4 rings (SSSR count). The minimum atomic E-state index is 0.283. The van der Waals surface area contributed by atoms with Gasteiger partial charge in [-0.15, -0.1) is 11.6 Å². The Kier molecular flexibility index (Phi) is 7.94. The van der Waals surface area contributed by atoms with Gasteiger partial charge >= 0.3 is 0 Å². The fourth-order valence-electron chi connectivity index (χ4n) is 3.73. The van der Waals surface area contributed by atoms with Crippen LogP contribution in [-0.4, -0.2) is 71.1 Å². The van der Waals surface area contributed by atoms with Crippen LogP contribution in [0.25, 0.3) is 0 Å². The second-order valence-electron chi connectivity index (χ2n) is 7.71. The number of anilines is 3. The lowest BCUT2D eigenvalue weighted by Gasteiger charge is -2.30. The van der Waals surface area contributed by atoms with Gasteiger partial charge < -0.3 is 19.9 Å². The molecule has 0 atom stereocenters. The highest BCUT2D eigenvalue weighted by Gasteiger charge is 2.18. The summed E-state index contributed by atoms with van der Waals surface area (Å²) < 4.78 is 5.90. The number of rotatable bonds is 8. The summed E-state index contributed by atoms with van der Waals surface area (Å²) in [5.41, 5.74) is 0.949. The Balaban J connectivity index is 1.24. The molecule has 0 radical (unpaired) electrons. The molecule has 0 aliphatic carbocycles. The zero-order valence-corrected chi connectivity index (χ0v) is 18.9. The van der Waals surface area contributed by atoms with Gasteiger partial charge in [0.15, 0.2) is 0 Å². The van der Waals surface area contributed by atoms with Crippen molar-refractivity contribution in [1.82, 2.24) is 14.9 Å². The van der Waals surface area contributed by atoms with Gasteiger partial charge in [0, 0.05) is 61.5 Å². The minimum absolute atomic E-state index is 0.283. The molecule has 2 aromatic rings. The molecule has 2 aliphatic rings. The summed E-state index contributed by atoms with van der Waals surface area (Å²) in [6.07, 6.45) is 4.85. The van der Waals surface area contributed by atoms with Crippen molar-refractivity contribution in [1.29, 1.82) is 0 Å². The average molecular weight is 448 g/mol. The number of nitrogens with zero attached hydrogens (tertiary/aromatic N) is 4. The quantitative estimate of drug-likeness (QED) is 0.479. The first-order valence-corrected chi connectivity index (χ1v) is 12.4. The van der Waals surface area contributed by atoms with Crippen molar-refractivity contribution in [2.75, 3.05) is 61.1 Å². The van der Waals surface area contributed by atoms with E-state index >= 15 is 0 Å². The van der Waals surface area contributed by atoms with E-state index < -0.39 is 0 Å². The molecule has 2 aliphatic heterocycles. The average Bonchev–Trinajstić information content (AvgIpc) is 2.79. The van der Waals surface area contributed by atoms with Gasteiger partial charge in [-0.1, -0.05) is 0 Å². The summed E-state index contributed by atoms with van der Waals surface area (Å²) in [5, 5.41) is 3.57. The number of benzene rings is 1. The monoisotopic (exact) mass is 447 g/mol. The number of piperidine rings is 1. The van der Waals surface area contributed by atoms with Crippen LogP contribution in [0, 0.1) is 0 Å². The summed E-state index contributed by atoms with van der Waals surface area (Å²) in [7, 11) is 0. The van der Waals surface area contributed by atoms with Crippen LogP contribution in [0.4, 0.5) is 17.5 Å². The van der Waals surface area contributed by atoms with E-state index in [1.807, 2.05) is 42.1 Å². The van der Waals surface area contributed by atoms with E-state index in [1.54, 1.807) is 6.20 Å². The van der Waals surface area contributed by atoms with E-state index in [0.29, 0.717) is 5.95 Å². The number of aromatic nitrogens is 2. The second-order valence-corrected chi connectivity index (χ2v) is 9.55. The molecule has 1 N–H and O–H groups in total. The molecule has 8 heteroatoms. The maximum atomic E-state index is 6.21. The highest BCUT2D eigenvalue weighted by Crippen LogP contribution is 2.23. The molecule has 0 amide bonds. The van der Waals surface area contributed by atoms with E-state index in [0.717, 1.165) is 62.8 Å². The Morgan fingerprint density at radius 2 is 1.83 bits per heavy atom. The Bertz CT molecular complexity index is 779. The molecular formula is C22H30ClN5OS. The maximum Gasteiger partial charge on any atom is 0.229 e. The maximum absolute atomic E-state index is 6.21. The fourth-order valence-corrected chi connectivity index (χ4v) is 4.90. The number of hydrogen-bond donors (Lipinski definition) is 1. The highest BCUT2D eigenvalue weighted by molar-refractivity contribution is 7.99.